The summed E-state index contributed by atoms with van der Waals surface area (Å²) in [6.07, 6.45) is 0. The molecule has 0 aromatic heterocycles. The minimum absolute atomic E-state index is 1.21. The Morgan fingerprint density at radius 2 is 1.31 bits per heavy atom. The average molecular weight is 202 g/mol. The predicted molar refractivity (Wildman–Crippen MR) is 61.6 cm³/mol. The van der Waals surface area contributed by atoms with Gasteiger partial charge in [-0.3, -0.25) is 0 Å². The first-order valence-corrected chi connectivity index (χ1v) is 6.54. The fraction of sp³-hybridized carbons (Fsp3) is 1.00. The van der Waals surface area contributed by atoms with Crippen LogP contribution in [0.4, 0.5) is 0 Å². The van der Waals surface area contributed by atoms with E-state index < -0.39 is 0 Å². The second-order valence-corrected chi connectivity index (χ2v) is 4.71. The minimum Gasteiger partial charge on any atom is -0.302 e. The number of hydrogen-bond donors (Lipinski definition) is 0. The van der Waals surface area contributed by atoms with Crippen LogP contribution in [0.1, 0.15) is 13.8 Å². The van der Waals surface area contributed by atoms with Crippen molar-refractivity contribution in [1.82, 2.24) is 9.80 Å². The van der Waals surface area contributed by atoms with Crippen LogP contribution in [-0.4, -0.2) is 60.6 Å². The smallest absolute Gasteiger partial charge is 0.0110 e. The Hall–Kier alpha value is 0.270. The molecule has 0 aliphatic carbocycles. The van der Waals surface area contributed by atoms with E-state index >= 15 is 0 Å². The number of nitrogens with zero attached hydrogens (tertiary/aromatic N) is 2. The molecule has 1 aliphatic heterocycles. The summed E-state index contributed by atoms with van der Waals surface area (Å²) in [5.74, 6) is 2.62. The standard InChI is InChI=1S/C10H22N2S/c1-3-11-5-6-12(4-2)8-10-13-9-7-11/h3-10H2,1-2H3. The molecule has 3 heteroatoms. The van der Waals surface area contributed by atoms with Crippen molar-refractivity contribution in [2.75, 3.05) is 50.8 Å². The Bertz CT molecular complexity index is 116. The van der Waals surface area contributed by atoms with Gasteiger partial charge in [-0.1, -0.05) is 13.8 Å². The molecular formula is C10H22N2S. The van der Waals surface area contributed by atoms with Crippen molar-refractivity contribution in [1.29, 1.82) is 0 Å². The van der Waals surface area contributed by atoms with Gasteiger partial charge in [0.15, 0.2) is 0 Å². The molecule has 0 unspecified atom stereocenters. The Balaban J connectivity index is 2.33. The van der Waals surface area contributed by atoms with E-state index in [1.807, 2.05) is 0 Å². The maximum absolute atomic E-state index is 2.56. The zero-order valence-corrected chi connectivity index (χ0v) is 9.78. The lowest BCUT2D eigenvalue weighted by atomic mass is 10.4. The summed E-state index contributed by atoms with van der Waals surface area (Å²) in [6, 6.07) is 0. The van der Waals surface area contributed by atoms with Crippen molar-refractivity contribution in [2.45, 2.75) is 13.8 Å². The molecule has 0 aromatic rings. The zero-order valence-electron chi connectivity index (χ0n) is 8.96. The summed E-state index contributed by atoms with van der Waals surface area (Å²) in [4.78, 5) is 5.11. The zero-order chi connectivity index (χ0) is 9.52. The van der Waals surface area contributed by atoms with Gasteiger partial charge in [0.05, 0.1) is 0 Å². The number of hydrogen-bond acceptors (Lipinski definition) is 3. The van der Waals surface area contributed by atoms with E-state index in [4.69, 9.17) is 0 Å². The van der Waals surface area contributed by atoms with E-state index in [0.29, 0.717) is 0 Å². The van der Waals surface area contributed by atoms with Crippen molar-refractivity contribution in [3.8, 4) is 0 Å². The third-order valence-electron chi connectivity index (χ3n) is 2.73. The molecule has 0 aromatic carbocycles. The van der Waals surface area contributed by atoms with Crippen molar-refractivity contribution in [2.24, 2.45) is 0 Å². The maximum atomic E-state index is 2.56. The van der Waals surface area contributed by atoms with Crippen LogP contribution in [0.2, 0.25) is 0 Å². The first-order chi connectivity index (χ1) is 6.36. The van der Waals surface area contributed by atoms with Gasteiger partial charge >= 0.3 is 0 Å². The SMILES string of the molecule is CCN1CCSCCN(CC)CC1. The van der Waals surface area contributed by atoms with Gasteiger partial charge in [-0.15, -0.1) is 0 Å². The van der Waals surface area contributed by atoms with E-state index in [9.17, 15) is 0 Å². The molecule has 1 heterocycles. The highest BCUT2D eigenvalue weighted by Crippen LogP contribution is 2.05. The van der Waals surface area contributed by atoms with E-state index in [1.54, 1.807) is 0 Å². The average Bonchev–Trinajstić information content (AvgIpc) is 2.28. The lowest BCUT2D eigenvalue weighted by Crippen LogP contribution is -2.35. The van der Waals surface area contributed by atoms with E-state index in [0.717, 1.165) is 0 Å². The molecule has 0 bridgehead atoms. The lowest BCUT2D eigenvalue weighted by Gasteiger charge is -2.23. The summed E-state index contributed by atoms with van der Waals surface area (Å²) in [5.41, 5.74) is 0. The monoisotopic (exact) mass is 202 g/mol. The Kier molecular flexibility index (Phi) is 5.83. The first kappa shape index (κ1) is 11.3. The van der Waals surface area contributed by atoms with Crippen LogP contribution in [0.3, 0.4) is 0 Å². The molecule has 13 heavy (non-hydrogen) atoms. The van der Waals surface area contributed by atoms with Gasteiger partial charge in [-0.2, -0.15) is 11.8 Å². The Morgan fingerprint density at radius 3 is 1.69 bits per heavy atom. The second kappa shape index (κ2) is 6.68. The minimum atomic E-state index is 1.21. The quantitative estimate of drug-likeness (QED) is 0.668. The van der Waals surface area contributed by atoms with Crippen molar-refractivity contribution in [3.63, 3.8) is 0 Å². The van der Waals surface area contributed by atoms with Gasteiger partial charge in [0.25, 0.3) is 0 Å². The predicted octanol–water partition coefficient (Wildman–Crippen LogP) is 1.38. The third-order valence-corrected chi connectivity index (χ3v) is 3.67. The third kappa shape index (κ3) is 4.34. The van der Waals surface area contributed by atoms with Crippen LogP contribution in [0.15, 0.2) is 0 Å². The second-order valence-electron chi connectivity index (χ2n) is 3.48. The van der Waals surface area contributed by atoms with Gasteiger partial charge in [0, 0.05) is 37.7 Å². The van der Waals surface area contributed by atoms with Crippen molar-refractivity contribution < 1.29 is 0 Å². The van der Waals surface area contributed by atoms with Crippen LogP contribution in [-0.2, 0) is 0 Å². The molecular weight excluding hydrogens is 180 g/mol. The molecule has 78 valence electrons. The van der Waals surface area contributed by atoms with Gasteiger partial charge in [-0.25, -0.2) is 0 Å². The molecule has 1 rings (SSSR count). The molecule has 1 saturated heterocycles. The summed E-state index contributed by atoms with van der Waals surface area (Å²) in [7, 11) is 0. The summed E-state index contributed by atoms with van der Waals surface area (Å²) >= 11 is 2.10. The fourth-order valence-corrected chi connectivity index (χ4v) is 2.61. The normalized spacial score (nSPS) is 23.5. The topological polar surface area (TPSA) is 6.48 Å². The maximum Gasteiger partial charge on any atom is 0.0110 e. The first-order valence-electron chi connectivity index (χ1n) is 5.39. The molecule has 1 aliphatic rings. The summed E-state index contributed by atoms with van der Waals surface area (Å²) < 4.78 is 0. The van der Waals surface area contributed by atoms with Crippen LogP contribution in [0, 0.1) is 0 Å². The highest BCUT2D eigenvalue weighted by molar-refractivity contribution is 7.99. The Labute approximate surface area is 86.7 Å². The fourth-order valence-electron chi connectivity index (χ4n) is 1.63. The Morgan fingerprint density at radius 1 is 0.846 bits per heavy atom. The van der Waals surface area contributed by atoms with E-state index in [-0.39, 0.29) is 0 Å². The molecule has 2 nitrogen and oxygen atoms in total. The number of thioether (sulfide) groups is 1. The lowest BCUT2D eigenvalue weighted by molar-refractivity contribution is 0.232. The van der Waals surface area contributed by atoms with E-state index in [1.165, 1.54) is 50.8 Å². The highest BCUT2D eigenvalue weighted by Gasteiger charge is 2.09. The molecule has 0 amide bonds. The van der Waals surface area contributed by atoms with Crippen molar-refractivity contribution >= 4 is 11.8 Å². The van der Waals surface area contributed by atoms with Crippen molar-refractivity contribution in [3.05, 3.63) is 0 Å². The van der Waals surface area contributed by atoms with Gasteiger partial charge < -0.3 is 9.80 Å². The molecule has 1 fully saturated rings. The molecule has 0 radical (unpaired) electrons. The van der Waals surface area contributed by atoms with Crippen LogP contribution >= 0.6 is 11.8 Å². The largest absolute Gasteiger partial charge is 0.302 e. The van der Waals surface area contributed by atoms with Crippen LogP contribution in [0.5, 0.6) is 0 Å². The van der Waals surface area contributed by atoms with E-state index in [2.05, 4.69) is 35.4 Å². The van der Waals surface area contributed by atoms with Gasteiger partial charge in [0.2, 0.25) is 0 Å². The molecule has 0 N–H and O–H groups in total. The van der Waals surface area contributed by atoms with Gasteiger partial charge in [0.1, 0.15) is 0 Å². The molecule has 0 spiro atoms. The van der Waals surface area contributed by atoms with Crippen LogP contribution < -0.4 is 0 Å². The molecule has 0 atom stereocenters. The highest BCUT2D eigenvalue weighted by atomic mass is 32.2. The number of rotatable bonds is 2. The van der Waals surface area contributed by atoms with Gasteiger partial charge in [-0.05, 0) is 13.1 Å². The summed E-state index contributed by atoms with van der Waals surface area (Å²) in [6.45, 7) is 12.0. The summed E-state index contributed by atoms with van der Waals surface area (Å²) in [5, 5.41) is 0. The van der Waals surface area contributed by atoms with Crippen LogP contribution in [0.25, 0.3) is 0 Å². The number of likely N-dealkylation sites (N-methyl/N-ethyl adjacent to an activating group) is 2. The molecule has 0 saturated carbocycles.